The molecule has 0 saturated carbocycles. The van der Waals surface area contributed by atoms with E-state index in [0.29, 0.717) is 29.0 Å². The van der Waals surface area contributed by atoms with E-state index in [1.807, 2.05) is 34.9 Å². The summed E-state index contributed by atoms with van der Waals surface area (Å²) >= 11 is 1.36. The maximum atomic E-state index is 8.78. The van der Waals surface area contributed by atoms with Gasteiger partial charge in [-0.05, 0) is 5.56 Å². The van der Waals surface area contributed by atoms with Gasteiger partial charge in [0.1, 0.15) is 5.69 Å². The monoisotopic (exact) mass is 308 g/mol. The Hall–Kier alpha value is -2.72. The van der Waals surface area contributed by atoms with Crippen molar-refractivity contribution >= 4 is 11.8 Å². The first-order valence-corrected chi connectivity index (χ1v) is 7.60. The van der Waals surface area contributed by atoms with Crippen LogP contribution < -0.4 is 0 Å². The molecule has 0 N–H and O–H groups in total. The number of benzene rings is 1. The van der Waals surface area contributed by atoms with Crippen molar-refractivity contribution in [1.29, 1.82) is 5.26 Å². The molecule has 0 aliphatic heterocycles. The number of hydrogen-bond acceptors (Lipinski definition) is 6. The minimum atomic E-state index is 0.327. The van der Waals surface area contributed by atoms with Crippen molar-refractivity contribution < 1.29 is 0 Å². The molecule has 2 heterocycles. The van der Waals surface area contributed by atoms with Crippen molar-refractivity contribution in [2.75, 3.05) is 5.75 Å². The summed E-state index contributed by atoms with van der Waals surface area (Å²) in [5.74, 6) is 0.977. The van der Waals surface area contributed by atoms with Crippen LogP contribution in [0.15, 0.2) is 54.1 Å². The summed E-state index contributed by atoms with van der Waals surface area (Å²) < 4.78 is 1.96. The number of aromatic nitrogens is 5. The molecule has 3 aromatic rings. The van der Waals surface area contributed by atoms with Crippen molar-refractivity contribution in [2.45, 2.75) is 11.7 Å². The van der Waals surface area contributed by atoms with Gasteiger partial charge in [0, 0.05) is 12.4 Å². The first-order chi connectivity index (χ1) is 10.9. The van der Waals surface area contributed by atoms with Crippen LogP contribution in [-0.4, -0.2) is 30.5 Å². The number of thioether (sulfide) groups is 1. The Labute approximate surface area is 131 Å². The second kappa shape index (κ2) is 6.83. The van der Waals surface area contributed by atoms with Crippen LogP contribution in [0.25, 0.3) is 11.5 Å². The van der Waals surface area contributed by atoms with Gasteiger partial charge >= 0.3 is 0 Å². The Bertz CT molecular complexity index is 779. The topological polar surface area (TPSA) is 80.3 Å². The molecule has 0 aliphatic rings. The number of nitrogens with zero attached hydrogens (tertiary/aromatic N) is 6. The Balaban J connectivity index is 2.00. The average Bonchev–Trinajstić information content (AvgIpc) is 2.97. The van der Waals surface area contributed by atoms with E-state index < -0.39 is 0 Å². The Morgan fingerprint density at radius 1 is 1.14 bits per heavy atom. The van der Waals surface area contributed by atoms with Crippen molar-refractivity contribution in [1.82, 2.24) is 24.7 Å². The molecule has 3 rings (SSSR count). The predicted molar refractivity (Wildman–Crippen MR) is 82.9 cm³/mol. The molecule has 0 atom stereocenters. The average molecular weight is 308 g/mol. The van der Waals surface area contributed by atoms with E-state index in [4.69, 9.17) is 5.26 Å². The molecule has 6 nitrogen and oxygen atoms in total. The fourth-order valence-corrected chi connectivity index (χ4v) is 2.60. The van der Waals surface area contributed by atoms with Gasteiger partial charge in [-0.15, -0.1) is 10.2 Å². The van der Waals surface area contributed by atoms with E-state index in [0.717, 1.165) is 5.56 Å². The van der Waals surface area contributed by atoms with Crippen molar-refractivity contribution in [3.63, 3.8) is 0 Å². The lowest BCUT2D eigenvalue weighted by Crippen LogP contribution is -2.05. The lowest BCUT2D eigenvalue weighted by Gasteiger charge is -2.09. The van der Waals surface area contributed by atoms with Crippen LogP contribution in [0, 0.1) is 11.3 Å². The molecule has 0 unspecified atom stereocenters. The van der Waals surface area contributed by atoms with E-state index in [1.54, 1.807) is 18.6 Å². The van der Waals surface area contributed by atoms with E-state index in [2.05, 4.69) is 26.2 Å². The van der Waals surface area contributed by atoms with Gasteiger partial charge in [0.05, 0.1) is 24.6 Å². The zero-order valence-electron chi connectivity index (χ0n) is 11.6. The van der Waals surface area contributed by atoms with Crippen molar-refractivity contribution in [2.24, 2.45) is 0 Å². The summed E-state index contributed by atoms with van der Waals surface area (Å²) in [5.41, 5.74) is 1.79. The summed E-state index contributed by atoms with van der Waals surface area (Å²) in [5, 5.41) is 17.9. The molecule has 22 heavy (non-hydrogen) atoms. The van der Waals surface area contributed by atoms with Crippen LogP contribution in [0.1, 0.15) is 5.56 Å². The fraction of sp³-hybridized carbons (Fsp3) is 0.133. The maximum absolute atomic E-state index is 8.78. The van der Waals surface area contributed by atoms with Gasteiger partial charge in [-0.3, -0.25) is 9.55 Å². The summed E-state index contributed by atoms with van der Waals surface area (Å²) in [7, 11) is 0. The van der Waals surface area contributed by atoms with Crippen LogP contribution in [0.2, 0.25) is 0 Å². The van der Waals surface area contributed by atoms with Crippen LogP contribution in [-0.2, 0) is 6.54 Å². The molecule has 0 amide bonds. The minimum Gasteiger partial charge on any atom is -0.296 e. The van der Waals surface area contributed by atoms with Crippen LogP contribution >= 0.6 is 11.8 Å². The fourth-order valence-electron chi connectivity index (χ4n) is 2.00. The molecule has 0 saturated heterocycles. The lowest BCUT2D eigenvalue weighted by atomic mass is 10.2. The first kappa shape index (κ1) is 14.2. The summed E-state index contributed by atoms with van der Waals surface area (Å²) in [6.45, 7) is 0.619. The highest BCUT2D eigenvalue weighted by Gasteiger charge is 2.15. The highest BCUT2D eigenvalue weighted by Crippen LogP contribution is 2.23. The molecule has 2 aromatic heterocycles. The standard InChI is InChI=1S/C15H12N6S/c16-6-9-22-15-20-19-14(13-10-17-7-8-18-13)21(15)11-12-4-2-1-3-5-12/h1-5,7-8,10H,9,11H2. The molecule has 108 valence electrons. The van der Waals surface area contributed by atoms with Crippen LogP contribution in [0.3, 0.4) is 0 Å². The normalized spacial score (nSPS) is 10.3. The third-order valence-corrected chi connectivity index (χ3v) is 3.79. The van der Waals surface area contributed by atoms with Gasteiger partial charge in [-0.25, -0.2) is 4.98 Å². The van der Waals surface area contributed by atoms with E-state index >= 15 is 0 Å². The van der Waals surface area contributed by atoms with E-state index in [9.17, 15) is 0 Å². The summed E-state index contributed by atoms with van der Waals surface area (Å²) in [6, 6.07) is 12.1. The molecular weight excluding hydrogens is 296 g/mol. The Morgan fingerprint density at radius 2 is 2.00 bits per heavy atom. The zero-order chi connectivity index (χ0) is 15.2. The van der Waals surface area contributed by atoms with Crippen LogP contribution in [0.5, 0.6) is 0 Å². The molecule has 0 bridgehead atoms. The molecule has 1 aromatic carbocycles. The van der Waals surface area contributed by atoms with Crippen molar-refractivity contribution in [3.8, 4) is 17.6 Å². The Kier molecular flexibility index (Phi) is 4.41. The minimum absolute atomic E-state index is 0.327. The largest absolute Gasteiger partial charge is 0.296 e. The second-order valence-corrected chi connectivity index (χ2v) is 5.36. The van der Waals surface area contributed by atoms with Gasteiger partial charge in [0.15, 0.2) is 11.0 Å². The Morgan fingerprint density at radius 3 is 2.73 bits per heavy atom. The van der Waals surface area contributed by atoms with Crippen LogP contribution in [0.4, 0.5) is 0 Å². The third-order valence-electron chi connectivity index (χ3n) is 2.96. The quantitative estimate of drug-likeness (QED) is 0.673. The highest BCUT2D eigenvalue weighted by atomic mass is 32.2. The second-order valence-electron chi connectivity index (χ2n) is 4.42. The lowest BCUT2D eigenvalue weighted by molar-refractivity contribution is 0.713. The third kappa shape index (κ3) is 3.13. The maximum Gasteiger partial charge on any atom is 0.192 e. The molecule has 0 aliphatic carbocycles. The first-order valence-electron chi connectivity index (χ1n) is 6.62. The van der Waals surface area contributed by atoms with Gasteiger partial charge in [0.2, 0.25) is 0 Å². The SMILES string of the molecule is N#CCSc1nnc(-c2cnccn2)n1Cc1ccccc1. The van der Waals surface area contributed by atoms with Gasteiger partial charge in [-0.2, -0.15) is 5.26 Å². The van der Waals surface area contributed by atoms with E-state index in [-0.39, 0.29) is 0 Å². The van der Waals surface area contributed by atoms with Gasteiger partial charge in [0.25, 0.3) is 0 Å². The molecule has 0 radical (unpaired) electrons. The molecular formula is C15H12N6S. The number of hydrogen-bond donors (Lipinski definition) is 0. The molecule has 0 spiro atoms. The highest BCUT2D eigenvalue weighted by molar-refractivity contribution is 7.99. The summed E-state index contributed by atoms with van der Waals surface area (Å²) in [4.78, 5) is 8.36. The smallest absolute Gasteiger partial charge is 0.192 e. The number of nitriles is 1. The van der Waals surface area contributed by atoms with Gasteiger partial charge in [-0.1, -0.05) is 42.1 Å². The van der Waals surface area contributed by atoms with Gasteiger partial charge < -0.3 is 0 Å². The summed E-state index contributed by atoms with van der Waals surface area (Å²) in [6.07, 6.45) is 4.90. The molecule has 7 heteroatoms. The van der Waals surface area contributed by atoms with E-state index in [1.165, 1.54) is 11.8 Å². The number of rotatable bonds is 5. The zero-order valence-corrected chi connectivity index (χ0v) is 12.4. The van der Waals surface area contributed by atoms with Crippen molar-refractivity contribution in [3.05, 3.63) is 54.5 Å². The molecule has 0 fully saturated rings. The predicted octanol–water partition coefficient (Wildman–Crippen LogP) is 2.40.